The lowest BCUT2D eigenvalue weighted by Gasteiger charge is -2.29. The monoisotopic (exact) mass is 442 g/mol. The molecule has 1 saturated carbocycles. The average molecular weight is 443 g/mol. The van der Waals surface area contributed by atoms with Crippen molar-refractivity contribution >= 4 is 34.9 Å². The van der Waals surface area contributed by atoms with E-state index >= 15 is 0 Å². The molecule has 1 aliphatic heterocycles. The zero-order chi connectivity index (χ0) is 22.0. The number of fused-ring (bicyclic) bond motifs is 1. The lowest BCUT2D eigenvalue weighted by atomic mass is 9.86. The summed E-state index contributed by atoms with van der Waals surface area (Å²) in [6, 6.07) is 5.31. The number of H-pyrrole nitrogens is 1. The van der Waals surface area contributed by atoms with Crippen LogP contribution in [0.5, 0.6) is 0 Å². The van der Waals surface area contributed by atoms with Crippen LogP contribution < -0.4 is 10.9 Å². The van der Waals surface area contributed by atoms with Gasteiger partial charge in [-0.1, -0.05) is 19.8 Å². The van der Waals surface area contributed by atoms with E-state index in [2.05, 4.69) is 17.2 Å². The molecule has 7 nitrogen and oxygen atoms in total. The number of benzene rings is 1. The zero-order valence-corrected chi connectivity index (χ0v) is 18.8. The van der Waals surface area contributed by atoms with Crippen LogP contribution in [0.1, 0.15) is 62.2 Å². The van der Waals surface area contributed by atoms with Crippen molar-refractivity contribution in [2.75, 3.05) is 13.1 Å². The first-order valence-electron chi connectivity index (χ1n) is 11.3. The van der Waals surface area contributed by atoms with Crippen molar-refractivity contribution in [1.29, 1.82) is 0 Å². The smallest absolute Gasteiger partial charge is 0.262 e. The molecule has 31 heavy (non-hydrogen) atoms. The third-order valence-electron chi connectivity index (χ3n) is 6.65. The summed E-state index contributed by atoms with van der Waals surface area (Å²) < 4.78 is 1.88. The molecule has 1 aromatic heterocycles. The minimum absolute atomic E-state index is 0.112. The van der Waals surface area contributed by atoms with E-state index in [0.29, 0.717) is 53.1 Å². The molecule has 0 spiro atoms. The summed E-state index contributed by atoms with van der Waals surface area (Å²) in [5.41, 5.74) is 0.935. The summed E-state index contributed by atoms with van der Waals surface area (Å²) in [4.78, 5) is 42.5. The highest BCUT2D eigenvalue weighted by molar-refractivity contribution is 7.71. The molecule has 2 N–H and O–H groups in total. The van der Waals surface area contributed by atoms with Crippen molar-refractivity contribution in [3.05, 3.63) is 38.9 Å². The second kappa shape index (κ2) is 9.34. The predicted octanol–water partition coefficient (Wildman–Crippen LogP) is 3.38. The fourth-order valence-electron chi connectivity index (χ4n) is 4.74. The Morgan fingerprint density at radius 1 is 1.19 bits per heavy atom. The van der Waals surface area contributed by atoms with Crippen LogP contribution in [0, 0.1) is 10.7 Å². The van der Waals surface area contributed by atoms with Gasteiger partial charge in [0.05, 0.1) is 10.9 Å². The predicted molar refractivity (Wildman–Crippen MR) is 123 cm³/mol. The largest absolute Gasteiger partial charge is 0.349 e. The normalized spacial score (nSPS) is 21.6. The Morgan fingerprint density at radius 2 is 2.00 bits per heavy atom. The topological polar surface area (TPSA) is 87.2 Å². The van der Waals surface area contributed by atoms with Crippen molar-refractivity contribution in [1.82, 2.24) is 19.8 Å². The summed E-state index contributed by atoms with van der Waals surface area (Å²) in [5.74, 6) is 0.552. The number of hydrogen-bond acceptors (Lipinski definition) is 4. The highest BCUT2D eigenvalue weighted by Gasteiger charge is 2.23. The van der Waals surface area contributed by atoms with Gasteiger partial charge >= 0.3 is 0 Å². The number of aromatic amines is 1. The van der Waals surface area contributed by atoms with Gasteiger partial charge in [0.15, 0.2) is 4.77 Å². The van der Waals surface area contributed by atoms with Crippen LogP contribution in [0.4, 0.5) is 0 Å². The van der Waals surface area contributed by atoms with E-state index in [-0.39, 0.29) is 23.4 Å². The lowest BCUT2D eigenvalue weighted by molar-refractivity contribution is -0.127. The molecule has 2 amide bonds. The minimum atomic E-state index is -0.167. The second-order valence-electron chi connectivity index (χ2n) is 8.83. The molecular formula is C23H30N4O3S. The van der Waals surface area contributed by atoms with Gasteiger partial charge in [0.25, 0.3) is 11.5 Å². The number of hydrogen-bond donors (Lipinski definition) is 2. The Hall–Kier alpha value is -2.48. The summed E-state index contributed by atoms with van der Waals surface area (Å²) in [5, 5.41) is 3.66. The van der Waals surface area contributed by atoms with E-state index in [9.17, 15) is 14.4 Å². The first-order valence-corrected chi connectivity index (χ1v) is 11.7. The van der Waals surface area contributed by atoms with Crippen molar-refractivity contribution in [3.8, 4) is 0 Å². The molecule has 1 aromatic carbocycles. The summed E-state index contributed by atoms with van der Waals surface area (Å²) in [6.45, 7) is 4.07. The van der Waals surface area contributed by atoms with E-state index in [1.807, 2.05) is 4.90 Å². The second-order valence-corrected chi connectivity index (χ2v) is 9.21. The molecule has 1 aliphatic carbocycles. The van der Waals surface area contributed by atoms with Crippen LogP contribution in [-0.4, -0.2) is 45.4 Å². The number of aromatic nitrogens is 2. The third-order valence-corrected chi connectivity index (χ3v) is 6.98. The molecule has 8 heteroatoms. The standard InChI is InChI=1S/C23H30N4O3S/c1-15-6-2-3-7-18(15)24-21(29)16-9-10-17-19(14-16)25-23(31)27(22(17)30)13-5-12-26-11-4-8-20(26)28/h9-10,14-15,18H,2-8,11-13H2,1H3,(H,24,29)(H,25,31). The molecule has 2 aliphatic rings. The van der Waals surface area contributed by atoms with E-state index in [1.54, 1.807) is 22.8 Å². The van der Waals surface area contributed by atoms with Crippen LogP contribution in [0.25, 0.3) is 10.9 Å². The average Bonchev–Trinajstić information content (AvgIpc) is 3.16. The quantitative estimate of drug-likeness (QED) is 0.672. The first kappa shape index (κ1) is 21.7. The van der Waals surface area contributed by atoms with Gasteiger partial charge in [-0.3, -0.25) is 19.0 Å². The van der Waals surface area contributed by atoms with Gasteiger partial charge in [-0.15, -0.1) is 0 Å². The van der Waals surface area contributed by atoms with Crippen LogP contribution in [0.3, 0.4) is 0 Å². The molecule has 2 fully saturated rings. The fourth-order valence-corrected chi connectivity index (χ4v) is 5.03. The molecule has 0 radical (unpaired) electrons. The van der Waals surface area contributed by atoms with E-state index in [1.165, 1.54) is 6.42 Å². The van der Waals surface area contributed by atoms with E-state index in [4.69, 9.17) is 12.2 Å². The van der Waals surface area contributed by atoms with Gasteiger partial charge in [0.1, 0.15) is 0 Å². The minimum Gasteiger partial charge on any atom is -0.349 e. The molecule has 2 aromatic rings. The number of carbonyl (C=O) groups excluding carboxylic acids is 2. The Balaban J connectivity index is 1.49. The van der Waals surface area contributed by atoms with E-state index < -0.39 is 0 Å². The van der Waals surface area contributed by atoms with Gasteiger partial charge in [-0.2, -0.15) is 0 Å². The third kappa shape index (κ3) is 4.74. The Bertz CT molecular complexity index is 1110. The Morgan fingerprint density at radius 3 is 2.74 bits per heavy atom. The van der Waals surface area contributed by atoms with Crippen molar-refractivity contribution in [3.63, 3.8) is 0 Å². The summed E-state index contributed by atoms with van der Waals surface area (Å²) in [6.07, 6.45) is 6.72. The molecule has 0 bridgehead atoms. The molecule has 2 atom stereocenters. The van der Waals surface area contributed by atoms with Gasteiger partial charge < -0.3 is 15.2 Å². The van der Waals surface area contributed by atoms with E-state index in [0.717, 1.165) is 32.2 Å². The number of likely N-dealkylation sites (tertiary alicyclic amines) is 1. The highest BCUT2D eigenvalue weighted by atomic mass is 32.1. The number of rotatable bonds is 6. The molecule has 2 heterocycles. The zero-order valence-electron chi connectivity index (χ0n) is 18.0. The maximum absolute atomic E-state index is 13.0. The maximum atomic E-state index is 13.0. The van der Waals surface area contributed by atoms with Gasteiger partial charge in [-0.05, 0) is 62.0 Å². The van der Waals surface area contributed by atoms with Crippen LogP contribution in [0.2, 0.25) is 0 Å². The Labute approximate surface area is 186 Å². The van der Waals surface area contributed by atoms with Crippen molar-refractivity contribution in [2.24, 2.45) is 5.92 Å². The first-order chi connectivity index (χ1) is 14.9. The lowest BCUT2D eigenvalue weighted by Crippen LogP contribution is -2.41. The van der Waals surface area contributed by atoms with Crippen molar-refractivity contribution in [2.45, 2.75) is 64.5 Å². The molecular weight excluding hydrogens is 412 g/mol. The number of nitrogens with one attached hydrogen (secondary N) is 2. The van der Waals surface area contributed by atoms with Crippen LogP contribution in [0.15, 0.2) is 23.0 Å². The number of nitrogens with zero attached hydrogens (tertiary/aromatic N) is 2. The van der Waals surface area contributed by atoms with Crippen molar-refractivity contribution < 1.29 is 9.59 Å². The molecule has 1 saturated heterocycles. The molecule has 4 rings (SSSR count). The van der Waals surface area contributed by atoms with Gasteiger partial charge in [0.2, 0.25) is 5.91 Å². The Kier molecular flexibility index (Phi) is 6.55. The maximum Gasteiger partial charge on any atom is 0.262 e. The van der Waals surface area contributed by atoms with Crippen LogP contribution >= 0.6 is 12.2 Å². The highest BCUT2D eigenvalue weighted by Crippen LogP contribution is 2.24. The molecule has 2 unspecified atom stereocenters. The molecule has 166 valence electrons. The fraction of sp³-hybridized carbons (Fsp3) is 0.565. The SMILES string of the molecule is CC1CCCCC1NC(=O)c1ccc2c(=O)n(CCCN3CCCC3=O)c(=S)[nH]c2c1. The van der Waals surface area contributed by atoms with Gasteiger partial charge in [-0.25, -0.2) is 0 Å². The number of carbonyl (C=O) groups is 2. The van der Waals surface area contributed by atoms with Gasteiger partial charge in [0, 0.05) is 37.7 Å². The number of amides is 2. The summed E-state index contributed by atoms with van der Waals surface area (Å²) >= 11 is 5.42. The summed E-state index contributed by atoms with van der Waals surface area (Å²) in [7, 11) is 0. The van der Waals surface area contributed by atoms with Crippen LogP contribution in [-0.2, 0) is 11.3 Å².